The Morgan fingerprint density at radius 1 is 0.647 bits per heavy atom. The number of rotatable bonds is 5. The molecular weight excluding hydrogens is 420 g/mol. The van der Waals surface area contributed by atoms with Crippen molar-refractivity contribution in [1.82, 2.24) is 9.97 Å². The number of hydrogen-bond donors (Lipinski definition) is 2. The van der Waals surface area contributed by atoms with E-state index in [1.807, 2.05) is 54.6 Å². The molecule has 162 valence electrons. The van der Waals surface area contributed by atoms with Crippen molar-refractivity contribution in [1.29, 1.82) is 0 Å². The molecule has 0 fully saturated rings. The third-order valence-corrected chi connectivity index (χ3v) is 6.48. The van der Waals surface area contributed by atoms with Crippen molar-refractivity contribution in [2.45, 2.75) is 0 Å². The average Bonchev–Trinajstić information content (AvgIpc) is 3.44. The van der Waals surface area contributed by atoms with Crippen LogP contribution in [0.3, 0.4) is 0 Å². The molecule has 34 heavy (non-hydrogen) atoms. The molecule has 0 unspecified atom stereocenters. The van der Waals surface area contributed by atoms with Crippen LogP contribution in [0.25, 0.3) is 54.7 Å². The van der Waals surface area contributed by atoms with E-state index in [9.17, 15) is 9.59 Å². The Hall–Kier alpha value is -4.70. The molecule has 0 radical (unpaired) electrons. The summed E-state index contributed by atoms with van der Waals surface area (Å²) in [5.41, 5.74) is 5.99. The zero-order valence-electron chi connectivity index (χ0n) is 18.3. The summed E-state index contributed by atoms with van der Waals surface area (Å²) in [6.07, 6.45) is 2.51. The van der Waals surface area contributed by atoms with Gasteiger partial charge in [0, 0.05) is 54.8 Å². The quantitative estimate of drug-likeness (QED) is 0.217. The van der Waals surface area contributed by atoms with Crippen molar-refractivity contribution in [3.05, 3.63) is 109 Å². The van der Waals surface area contributed by atoms with Crippen LogP contribution in [-0.2, 0) is 0 Å². The van der Waals surface area contributed by atoms with Gasteiger partial charge in [-0.3, -0.25) is 9.59 Å². The van der Waals surface area contributed by atoms with E-state index in [0.717, 1.165) is 49.2 Å². The van der Waals surface area contributed by atoms with Crippen molar-refractivity contribution in [3.8, 4) is 11.1 Å². The zero-order valence-corrected chi connectivity index (χ0v) is 18.3. The minimum absolute atomic E-state index is 0.299. The Morgan fingerprint density at radius 2 is 1.26 bits per heavy atom. The first-order chi connectivity index (χ1) is 16.6. The number of hydrogen-bond acceptors (Lipinski definition) is 2. The van der Waals surface area contributed by atoms with Crippen molar-refractivity contribution < 1.29 is 9.59 Å². The van der Waals surface area contributed by atoms with Gasteiger partial charge in [0.15, 0.2) is 11.6 Å². The van der Waals surface area contributed by atoms with Crippen LogP contribution in [0.4, 0.5) is 0 Å². The Morgan fingerprint density at radius 3 is 1.97 bits per heavy atom. The maximum Gasteiger partial charge on any atom is 0.186 e. The lowest BCUT2D eigenvalue weighted by atomic mass is 9.87. The van der Waals surface area contributed by atoms with Crippen molar-refractivity contribution in [2.24, 2.45) is 0 Å². The lowest BCUT2D eigenvalue weighted by Gasteiger charge is -2.14. The van der Waals surface area contributed by atoms with Gasteiger partial charge >= 0.3 is 0 Å². The predicted molar refractivity (Wildman–Crippen MR) is 140 cm³/mol. The molecule has 0 saturated carbocycles. The number of aromatic nitrogens is 2. The largest absolute Gasteiger partial charge is 0.355 e. The van der Waals surface area contributed by atoms with Crippen LogP contribution in [0, 0.1) is 0 Å². The fraction of sp³-hybridized carbons (Fsp3) is 0. The summed E-state index contributed by atoms with van der Waals surface area (Å²) < 4.78 is 0. The second-order valence-corrected chi connectivity index (χ2v) is 8.33. The third-order valence-electron chi connectivity index (χ3n) is 6.48. The Bertz CT molecular complexity index is 1830. The van der Waals surface area contributed by atoms with Gasteiger partial charge in [-0.25, -0.2) is 0 Å². The molecule has 0 bridgehead atoms. The number of para-hydroxylation sites is 2. The molecule has 0 saturated heterocycles. The fourth-order valence-electron chi connectivity index (χ4n) is 4.94. The second kappa shape index (κ2) is 7.42. The van der Waals surface area contributed by atoms with Gasteiger partial charge in [0.2, 0.25) is 0 Å². The molecular formula is C30H20N2O2. The molecule has 0 atom stereocenters. The van der Waals surface area contributed by atoms with E-state index in [-0.39, 0.29) is 11.6 Å². The van der Waals surface area contributed by atoms with Gasteiger partial charge in [0.05, 0.1) is 5.52 Å². The molecule has 6 rings (SSSR count). The first kappa shape index (κ1) is 19.9. The van der Waals surface area contributed by atoms with E-state index >= 15 is 0 Å². The molecule has 0 amide bonds. The summed E-state index contributed by atoms with van der Waals surface area (Å²) in [4.78, 5) is 33.1. The van der Waals surface area contributed by atoms with Gasteiger partial charge in [-0.15, -0.1) is 0 Å². The van der Waals surface area contributed by atoms with E-state index in [1.54, 1.807) is 6.07 Å². The van der Waals surface area contributed by atoms with Gasteiger partial charge in [-0.2, -0.15) is 0 Å². The summed E-state index contributed by atoms with van der Waals surface area (Å²) >= 11 is 0. The van der Waals surface area contributed by atoms with Crippen molar-refractivity contribution in [2.75, 3.05) is 0 Å². The van der Waals surface area contributed by atoms with Gasteiger partial charge in [-0.1, -0.05) is 55.6 Å². The summed E-state index contributed by atoms with van der Waals surface area (Å²) in [5.74, 6) is -0.605. The van der Waals surface area contributed by atoms with Gasteiger partial charge in [-0.05, 0) is 48.0 Å². The van der Waals surface area contributed by atoms with Crippen LogP contribution in [0.1, 0.15) is 20.7 Å². The highest BCUT2D eigenvalue weighted by Gasteiger charge is 2.24. The van der Waals surface area contributed by atoms with Crippen LogP contribution in [0.2, 0.25) is 0 Å². The number of fused-ring (bicyclic) bond motifs is 6. The molecule has 4 heteroatoms. The van der Waals surface area contributed by atoms with Crippen LogP contribution in [0.15, 0.2) is 98.1 Å². The number of nitrogens with one attached hydrogen (secondary N) is 2. The van der Waals surface area contributed by atoms with Gasteiger partial charge in [0.25, 0.3) is 0 Å². The molecule has 0 aliphatic carbocycles. The summed E-state index contributed by atoms with van der Waals surface area (Å²) in [5, 5.41) is 4.02. The Kier molecular flexibility index (Phi) is 4.36. The van der Waals surface area contributed by atoms with E-state index in [2.05, 4.69) is 35.3 Å². The molecule has 2 aromatic heterocycles. The third kappa shape index (κ3) is 2.79. The molecule has 6 aromatic rings. The second-order valence-electron chi connectivity index (χ2n) is 8.33. The molecule has 0 aliphatic heterocycles. The lowest BCUT2D eigenvalue weighted by molar-refractivity contribution is 0.101. The number of benzene rings is 4. The number of ketones is 2. The SMILES string of the molecule is C=CC(=O)c1cc2c([nH]c3ccccc32)c(-c2ccc3[nH]c4ccccc4c3c2)c1C(=O)C=C. The highest BCUT2D eigenvalue weighted by atomic mass is 16.1. The minimum Gasteiger partial charge on any atom is -0.355 e. The topological polar surface area (TPSA) is 65.7 Å². The number of carbonyl (C=O) groups is 2. The smallest absolute Gasteiger partial charge is 0.186 e. The summed E-state index contributed by atoms with van der Waals surface area (Å²) in [7, 11) is 0. The predicted octanol–water partition coefficient (Wildman–Crippen LogP) is 7.36. The molecule has 2 heterocycles. The molecule has 0 aliphatic rings. The lowest BCUT2D eigenvalue weighted by Crippen LogP contribution is -2.08. The van der Waals surface area contributed by atoms with E-state index in [1.165, 1.54) is 12.2 Å². The van der Waals surface area contributed by atoms with E-state index < -0.39 is 0 Å². The fourth-order valence-corrected chi connectivity index (χ4v) is 4.94. The molecule has 0 spiro atoms. The number of carbonyl (C=O) groups excluding carboxylic acids is 2. The van der Waals surface area contributed by atoms with Crippen LogP contribution < -0.4 is 0 Å². The van der Waals surface area contributed by atoms with Crippen molar-refractivity contribution >= 4 is 55.2 Å². The van der Waals surface area contributed by atoms with E-state index in [4.69, 9.17) is 0 Å². The van der Waals surface area contributed by atoms with Gasteiger partial charge in [0.1, 0.15) is 0 Å². The zero-order chi connectivity index (χ0) is 23.4. The van der Waals surface area contributed by atoms with E-state index in [0.29, 0.717) is 16.7 Å². The van der Waals surface area contributed by atoms with Crippen molar-refractivity contribution in [3.63, 3.8) is 0 Å². The van der Waals surface area contributed by atoms with Crippen LogP contribution >= 0.6 is 0 Å². The molecule has 4 aromatic carbocycles. The maximum atomic E-state index is 13.2. The summed E-state index contributed by atoms with van der Waals surface area (Å²) in [6, 6.07) is 23.9. The Labute approximate surface area is 195 Å². The molecule has 4 nitrogen and oxygen atoms in total. The highest BCUT2D eigenvalue weighted by molar-refractivity contribution is 6.26. The first-order valence-corrected chi connectivity index (χ1v) is 11.0. The van der Waals surface area contributed by atoms with Crippen LogP contribution in [-0.4, -0.2) is 21.5 Å². The van der Waals surface area contributed by atoms with Crippen LogP contribution in [0.5, 0.6) is 0 Å². The monoisotopic (exact) mass is 440 g/mol. The van der Waals surface area contributed by atoms with Gasteiger partial charge < -0.3 is 9.97 Å². The standard InChI is InChI=1S/C30H20N2O2/c1-3-26(33)22-16-21-19-10-6-8-12-24(19)32-30(21)28(29(22)27(34)4-2)17-13-14-25-20(15-17)18-9-5-7-11-23(18)31-25/h3-16,31-32H,1-2H2. The first-order valence-electron chi connectivity index (χ1n) is 11.0. The average molecular weight is 441 g/mol. The molecule has 2 N–H and O–H groups in total. The number of allylic oxidation sites excluding steroid dienone is 2. The number of H-pyrrole nitrogens is 2. The summed E-state index contributed by atoms with van der Waals surface area (Å²) in [6.45, 7) is 7.37. The minimum atomic E-state index is -0.306. The normalized spacial score (nSPS) is 11.4. The number of aromatic amines is 2. The maximum absolute atomic E-state index is 13.2. The Balaban J connectivity index is 1.81. The highest BCUT2D eigenvalue weighted by Crippen LogP contribution is 2.40.